The Morgan fingerprint density at radius 3 is 2.38 bits per heavy atom. The Bertz CT molecular complexity index is 1300. The maximum atomic E-state index is 13.2. The van der Waals surface area contributed by atoms with Gasteiger partial charge in [0.1, 0.15) is 18.0 Å². The summed E-state index contributed by atoms with van der Waals surface area (Å²) in [6.45, 7) is 0.646. The van der Waals surface area contributed by atoms with Crippen molar-refractivity contribution in [2.24, 2.45) is 0 Å². The third-order valence-corrected chi connectivity index (χ3v) is 5.14. The molecule has 0 spiro atoms. The molecule has 0 aliphatic carbocycles. The number of halogens is 1. The number of nitrogens with one attached hydrogen (secondary N) is 3. The average Bonchev–Trinajstić information content (AvgIpc) is 2.84. The van der Waals surface area contributed by atoms with Crippen LogP contribution >= 0.6 is 0 Å². The van der Waals surface area contributed by atoms with E-state index in [1.165, 1.54) is 24.5 Å². The Hall–Kier alpha value is -4.40. The van der Waals surface area contributed by atoms with Gasteiger partial charge in [0.05, 0.1) is 19.7 Å². The second-order valence-electron chi connectivity index (χ2n) is 7.41. The van der Waals surface area contributed by atoms with Gasteiger partial charge in [0.2, 0.25) is 0 Å². The molecule has 0 aliphatic heterocycles. The third kappa shape index (κ3) is 5.50. The summed E-state index contributed by atoms with van der Waals surface area (Å²) in [6.07, 6.45) is 2.25. The van der Waals surface area contributed by atoms with E-state index in [0.717, 1.165) is 22.9 Å². The number of nitrogens with zero attached hydrogens (tertiary/aromatic N) is 2. The molecule has 4 aromatic rings. The van der Waals surface area contributed by atoms with Crippen LogP contribution in [-0.4, -0.2) is 36.8 Å². The minimum Gasteiger partial charge on any atom is -0.493 e. The van der Waals surface area contributed by atoms with Gasteiger partial charge in [-0.25, -0.2) is 19.2 Å². The number of hydrogen-bond acceptors (Lipinski definition) is 6. The summed E-state index contributed by atoms with van der Waals surface area (Å²) in [5.41, 5.74) is 2.85. The zero-order valence-electron chi connectivity index (χ0n) is 18.8. The van der Waals surface area contributed by atoms with Crippen LogP contribution < -0.4 is 25.4 Å². The van der Waals surface area contributed by atoms with Crippen molar-refractivity contribution < 1.29 is 18.7 Å². The van der Waals surface area contributed by atoms with E-state index >= 15 is 0 Å². The van der Waals surface area contributed by atoms with Gasteiger partial charge < -0.3 is 25.4 Å². The molecule has 0 radical (unpaired) electrons. The molecule has 1 heterocycles. The first-order chi connectivity index (χ1) is 16.6. The quantitative estimate of drug-likeness (QED) is 0.338. The number of amides is 2. The minimum atomic E-state index is -0.442. The lowest BCUT2D eigenvalue weighted by Crippen LogP contribution is -2.19. The van der Waals surface area contributed by atoms with Crippen LogP contribution in [0.4, 0.5) is 26.4 Å². The minimum absolute atomic E-state index is 0.383. The highest BCUT2D eigenvalue weighted by atomic mass is 19.1. The van der Waals surface area contributed by atoms with E-state index in [-0.39, 0.29) is 0 Å². The average molecular weight is 461 g/mol. The predicted octanol–water partition coefficient (Wildman–Crippen LogP) is 5.08. The third-order valence-electron chi connectivity index (χ3n) is 5.14. The molecule has 0 atom stereocenters. The molecule has 3 N–H and O–H groups in total. The normalized spacial score (nSPS) is 10.6. The van der Waals surface area contributed by atoms with Gasteiger partial charge in [-0.15, -0.1) is 0 Å². The second-order valence-corrected chi connectivity index (χ2v) is 7.41. The van der Waals surface area contributed by atoms with E-state index in [4.69, 9.17) is 9.47 Å². The zero-order chi connectivity index (χ0) is 23.9. The van der Waals surface area contributed by atoms with Crippen molar-refractivity contribution in [3.05, 3.63) is 78.4 Å². The van der Waals surface area contributed by atoms with Gasteiger partial charge in [0.15, 0.2) is 11.5 Å². The van der Waals surface area contributed by atoms with Crippen molar-refractivity contribution in [2.45, 2.75) is 6.42 Å². The number of rotatable bonds is 8. The number of aromatic nitrogens is 2. The van der Waals surface area contributed by atoms with Crippen LogP contribution in [0.2, 0.25) is 0 Å². The van der Waals surface area contributed by atoms with E-state index in [1.54, 1.807) is 20.3 Å². The van der Waals surface area contributed by atoms with E-state index in [1.807, 2.05) is 36.4 Å². The molecule has 0 saturated heterocycles. The number of ether oxygens (including phenoxy) is 2. The van der Waals surface area contributed by atoms with Crippen LogP contribution in [0.1, 0.15) is 5.56 Å². The molecular weight excluding hydrogens is 437 g/mol. The lowest BCUT2D eigenvalue weighted by atomic mass is 10.1. The monoisotopic (exact) mass is 461 g/mol. The maximum absolute atomic E-state index is 13.2. The molecular formula is C25H24FN5O3. The fourth-order valence-corrected chi connectivity index (χ4v) is 3.46. The lowest BCUT2D eigenvalue weighted by Gasteiger charge is -2.12. The molecule has 3 aromatic carbocycles. The number of methoxy groups -OCH3 is 2. The Labute approximate surface area is 196 Å². The van der Waals surface area contributed by atoms with Crippen LogP contribution in [0.5, 0.6) is 11.5 Å². The van der Waals surface area contributed by atoms with Gasteiger partial charge in [-0.1, -0.05) is 18.2 Å². The first-order valence-corrected chi connectivity index (χ1v) is 10.6. The van der Waals surface area contributed by atoms with Crippen molar-refractivity contribution in [3.63, 3.8) is 0 Å². The molecule has 0 saturated carbocycles. The molecule has 2 amide bonds. The van der Waals surface area contributed by atoms with Gasteiger partial charge >= 0.3 is 6.03 Å². The van der Waals surface area contributed by atoms with Crippen molar-refractivity contribution in [1.29, 1.82) is 0 Å². The number of urea groups is 1. The van der Waals surface area contributed by atoms with Crippen LogP contribution in [-0.2, 0) is 6.42 Å². The number of benzene rings is 3. The molecule has 174 valence electrons. The highest BCUT2D eigenvalue weighted by Gasteiger charge is 2.11. The molecule has 4 rings (SSSR count). The Morgan fingerprint density at radius 2 is 1.65 bits per heavy atom. The van der Waals surface area contributed by atoms with Gasteiger partial charge in [-0.3, -0.25) is 0 Å². The summed E-state index contributed by atoms with van der Waals surface area (Å²) in [6, 6.07) is 16.5. The van der Waals surface area contributed by atoms with Gasteiger partial charge in [-0.2, -0.15) is 0 Å². The number of hydrogen-bond donors (Lipinski definition) is 3. The largest absolute Gasteiger partial charge is 0.493 e. The summed E-state index contributed by atoms with van der Waals surface area (Å²) < 4.78 is 24.0. The standard InChI is InChI=1S/C25H24FN5O3/c1-33-22-13-20-21(14-23(22)34-2)28-15-29-24(20)27-11-10-16-6-8-18(9-7-16)30-25(32)31-19-5-3-4-17(26)12-19/h3-9,12-15H,10-11H2,1-2H3,(H,27,28,29)(H2,30,31,32). The SMILES string of the molecule is COc1cc2ncnc(NCCc3ccc(NC(=O)Nc4cccc(F)c4)cc3)c2cc1OC. The Kier molecular flexibility index (Phi) is 7.02. The smallest absolute Gasteiger partial charge is 0.323 e. The number of fused-ring (bicyclic) bond motifs is 1. The highest BCUT2D eigenvalue weighted by Crippen LogP contribution is 2.33. The van der Waals surface area contributed by atoms with E-state index in [9.17, 15) is 9.18 Å². The summed E-state index contributed by atoms with van der Waals surface area (Å²) >= 11 is 0. The van der Waals surface area contributed by atoms with E-state index < -0.39 is 11.8 Å². The van der Waals surface area contributed by atoms with Crippen molar-refractivity contribution in [1.82, 2.24) is 9.97 Å². The predicted molar refractivity (Wildman–Crippen MR) is 130 cm³/mol. The second kappa shape index (κ2) is 10.5. The van der Waals surface area contributed by atoms with Crippen LogP contribution in [0.25, 0.3) is 10.9 Å². The maximum Gasteiger partial charge on any atom is 0.323 e. The van der Waals surface area contributed by atoms with E-state index in [2.05, 4.69) is 25.9 Å². The Balaban J connectivity index is 1.34. The van der Waals surface area contributed by atoms with Crippen LogP contribution in [0.15, 0.2) is 67.0 Å². The summed E-state index contributed by atoms with van der Waals surface area (Å²) in [5, 5.41) is 9.51. The van der Waals surface area contributed by atoms with Crippen molar-refractivity contribution >= 4 is 34.1 Å². The van der Waals surface area contributed by atoms with Crippen molar-refractivity contribution in [3.8, 4) is 11.5 Å². The summed E-state index contributed by atoms with van der Waals surface area (Å²) in [5.74, 6) is 1.51. The topological polar surface area (TPSA) is 97.4 Å². The fraction of sp³-hybridized carbons (Fsp3) is 0.160. The molecule has 0 fully saturated rings. The number of carbonyl (C=O) groups is 1. The van der Waals surface area contributed by atoms with Gasteiger partial charge in [0, 0.05) is 29.4 Å². The number of carbonyl (C=O) groups excluding carboxylic acids is 1. The summed E-state index contributed by atoms with van der Waals surface area (Å²) in [4.78, 5) is 20.8. The highest BCUT2D eigenvalue weighted by molar-refractivity contribution is 5.99. The first kappa shape index (κ1) is 22.8. The molecule has 0 aliphatic rings. The zero-order valence-corrected chi connectivity index (χ0v) is 18.8. The first-order valence-electron chi connectivity index (χ1n) is 10.6. The van der Waals surface area contributed by atoms with Crippen LogP contribution in [0.3, 0.4) is 0 Å². The molecule has 0 unspecified atom stereocenters. The summed E-state index contributed by atoms with van der Waals surface area (Å²) in [7, 11) is 3.17. The molecule has 34 heavy (non-hydrogen) atoms. The molecule has 1 aromatic heterocycles. The van der Waals surface area contributed by atoms with Gasteiger partial charge in [0.25, 0.3) is 0 Å². The van der Waals surface area contributed by atoms with Crippen molar-refractivity contribution in [2.75, 3.05) is 36.7 Å². The fourth-order valence-electron chi connectivity index (χ4n) is 3.46. The molecule has 8 nitrogen and oxygen atoms in total. The molecule has 9 heteroatoms. The molecule has 0 bridgehead atoms. The lowest BCUT2D eigenvalue weighted by molar-refractivity contribution is 0.262. The van der Waals surface area contributed by atoms with Gasteiger partial charge in [-0.05, 0) is 48.4 Å². The Morgan fingerprint density at radius 1 is 0.912 bits per heavy atom. The van der Waals surface area contributed by atoms with Crippen LogP contribution in [0, 0.1) is 5.82 Å². The number of anilines is 3. The van der Waals surface area contributed by atoms with E-state index in [0.29, 0.717) is 35.2 Å².